The zero-order valence-electron chi connectivity index (χ0n) is 17.1. The Kier molecular flexibility index (Phi) is 7.29. The number of phenolic OH excluding ortho intramolecular Hbond substituents is 1. The van der Waals surface area contributed by atoms with Crippen molar-refractivity contribution in [2.75, 3.05) is 52.0 Å². The predicted octanol–water partition coefficient (Wildman–Crippen LogP) is 2.72. The van der Waals surface area contributed by atoms with E-state index in [1.165, 1.54) is 19.4 Å². The Balaban J connectivity index is 0.000000216. The third-order valence-corrected chi connectivity index (χ3v) is 4.83. The van der Waals surface area contributed by atoms with E-state index in [2.05, 4.69) is 4.98 Å². The lowest BCUT2D eigenvalue weighted by Crippen LogP contribution is -2.30. The summed E-state index contributed by atoms with van der Waals surface area (Å²) in [5.41, 5.74) is 1.26. The Bertz CT molecular complexity index is 874. The molecule has 0 bridgehead atoms. The van der Waals surface area contributed by atoms with Crippen molar-refractivity contribution >= 4 is 17.3 Å². The number of aromatic hydroxyl groups is 1. The van der Waals surface area contributed by atoms with Crippen LogP contribution < -0.4 is 14.4 Å². The molecule has 1 aromatic carbocycles. The number of nitrogens with zero attached hydrogens (tertiary/aromatic N) is 3. The van der Waals surface area contributed by atoms with E-state index in [0.29, 0.717) is 30.3 Å². The zero-order valence-corrected chi connectivity index (χ0v) is 17.1. The standard InChI is InChI=1S/C14H13FN2O3.C7H13NO2/c1-19-14-11(15)6-9(8-16-14)17-4-5-20-13-3-2-10(18)7-12(13)17;1-10-6-7(9)8-4-2-3-5-8/h2-3,6-8,18H,4-5H2,1H3;2-6H2,1H3. The number of benzene rings is 1. The van der Waals surface area contributed by atoms with Crippen molar-refractivity contribution in [3.8, 4) is 17.4 Å². The van der Waals surface area contributed by atoms with E-state index in [9.17, 15) is 14.3 Å². The fraction of sp³-hybridized carbons (Fsp3) is 0.429. The van der Waals surface area contributed by atoms with Gasteiger partial charge in [-0.2, -0.15) is 0 Å². The molecule has 162 valence electrons. The Labute approximate surface area is 174 Å². The van der Waals surface area contributed by atoms with Crippen molar-refractivity contribution in [2.24, 2.45) is 0 Å². The van der Waals surface area contributed by atoms with Crippen LogP contribution in [0, 0.1) is 5.82 Å². The van der Waals surface area contributed by atoms with Gasteiger partial charge in [-0.05, 0) is 25.0 Å². The number of anilines is 2. The molecule has 0 saturated carbocycles. The SMILES string of the molecule is COCC(=O)N1CCCC1.COc1ncc(N2CCOc3ccc(O)cc32)cc1F. The molecule has 1 aromatic heterocycles. The highest BCUT2D eigenvalue weighted by Crippen LogP contribution is 2.39. The smallest absolute Gasteiger partial charge is 0.250 e. The average Bonchev–Trinajstić information content (AvgIpc) is 3.29. The number of carbonyl (C=O) groups excluding carboxylic acids is 1. The molecule has 9 heteroatoms. The summed E-state index contributed by atoms with van der Waals surface area (Å²) in [5.74, 6) is 0.322. The Hall–Kier alpha value is -3.07. The van der Waals surface area contributed by atoms with Crippen LogP contribution in [-0.4, -0.2) is 68.0 Å². The molecule has 1 fully saturated rings. The highest BCUT2D eigenvalue weighted by atomic mass is 19.1. The molecule has 8 nitrogen and oxygen atoms in total. The van der Waals surface area contributed by atoms with E-state index < -0.39 is 5.82 Å². The molecule has 2 aromatic rings. The number of likely N-dealkylation sites (tertiary alicyclic amines) is 1. The van der Waals surface area contributed by atoms with E-state index >= 15 is 0 Å². The van der Waals surface area contributed by atoms with E-state index in [1.807, 2.05) is 9.80 Å². The number of hydrogen-bond acceptors (Lipinski definition) is 7. The van der Waals surface area contributed by atoms with E-state index in [4.69, 9.17) is 14.2 Å². The maximum absolute atomic E-state index is 13.8. The van der Waals surface area contributed by atoms with Gasteiger partial charge >= 0.3 is 0 Å². The van der Waals surface area contributed by atoms with E-state index in [0.717, 1.165) is 25.9 Å². The molecule has 0 unspecified atom stereocenters. The number of rotatable bonds is 4. The maximum Gasteiger partial charge on any atom is 0.250 e. The van der Waals surface area contributed by atoms with Crippen LogP contribution in [0.3, 0.4) is 0 Å². The van der Waals surface area contributed by atoms with E-state index in [1.54, 1.807) is 25.3 Å². The second-order valence-corrected chi connectivity index (χ2v) is 6.86. The summed E-state index contributed by atoms with van der Waals surface area (Å²) >= 11 is 0. The molecule has 1 N–H and O–H groups in total. The van der Waals surface area contributed by atoms with E-state index in [-0.39, 0.29) is 24.1 Å². The first-order chi connectivity index (χ1) is 14.5. The fourth-order valence-electron chi connectivity index (χ4n) is 3.37. The molecule has 30 heavy (non-hydrogen) atoms. The maximum atomic E-state index is 13.8. The van der Waals surface area contributed by atoms with Crippen LogP contribution in [0.5, 0.6) is 17.4 Å². The molecule has 0 aliphatic carbocycles. The molecule has 3 heterocycles. The minimum absolute atomic E-state index is 0.0434. The van der Waals surface area contributed by atoms with Gasteiger partial charge in [-0.3, -0.25) is 4.79 Å². The quantitative estimate of drug-likeness (QED) is 0.816. The first kappa shape index (κ1) is 21.6. The molecule has 1 saturated heterocycles. The second-order valence-electron chi connectivity index (χ2n) is 6.86. The highest BCUT2D eigenvalue weighted by molar-refractivity contribution is 5.77. The lowest BCUT2D eigenvalue weighted by molar-refractivity contribution is -0.134. The number of aromatic nitrogens is 1. The van der Waals surface area contributed by atoms with Gasteiger partial charge in [-0.25, -0.2) is 9.37 Å². The first-order valence-corrected chi connectivity index (χ1v) is 9.73. The number of carbonyl (C=O) groups is 1. The topological polar surface area (TPSA) is 84.4 Å². The van der Waals surface area contributed by atoms with Crippen molar-refractivity contribution < 1.29 is 28.5 Å². The summed E-state index contributed by atoms with van der Waals surface area (Å²) in [6.45, 7) is 3.10. The Morgan fingerprint density at radius 1 is 1.23 bits per heavy atom. The Morgan fingerprint density at radius 2 is 2.00 bits per heavy atom. The largest absolute Gasteiger partial charge is 0.508 e. The van der Waals surface area contributed by atoms with Crippen LogP contribution in [0.25, 0.3) is 0 Å². The van der Waals surface area contributed by atoms with Gasteiger partial charge in [0.05, 0.1) is 31.2 Å². The van der Waals surface area contributed by atoms with Crippen molar-refractivity contribution in [2.45, 2.75) is 12.8 Å². The third kappa shape index (κ3) is 5.10. The molecule has 2 aliphatic heterocycles. The lowest BCUT2D eigenvalue weighted by atomic mass is 10.2. The van der Waals surface area contributed by atoms with Crippen molar-refractivity contribution in [3.63, 3.8) is 0 Å². The molecule has 0 spiro atoms. The summed E-state index contributed by atoms with van der Waals surface area (Å²) in [6.07, 6.45) is 3.83. The van der Waals surface area contributed by atoms with Crippen molar-refractivity contribution in [3.05, 3.63) is 36.3 Å². The predicted molar refractivity (Wildman–Crippen MR) is 109 cm³/mol. The number of halogens is 1. The van der Waals surface area contributed by atoms with Crippen LogP contribution in [0.4, 0.5) is 15.8 Å². The van der Waals surface area contributed by atoms with Crippen molar-refractivity contribution in [1.29, 1.82) is 0 Å². The number of phenols is 1. The number of amides is 1. The number of methoxy groups -OCH3 is 2. The van der Waals surface area contributed by atoms with Gasteiger partial charge in [0.25, 0.3) is 0 Å². The second kappa shape index (κ2) is 10.1. The molecular formula is C21H26FN3O5. The number of pyridine rings is 1. The third-order valence-electron chi connectivity index (χ3n) is 4.83. The average molecular weight is 419 g/mol. The highest BCUT2D eigenvalue weighted by Gasteiger charge is 2.21. The molecule has 0 atom stereocenters. The normalized spacial score (nSPS) is 15.0. The fourth-order valence-corrected chi connectivity index (χ4v) is 3.37. The van der Waals surface area contributed by atoms with Gasteiger partial charge in [-0.15, -0.1) is 0 Å². The summed E-state index contributed by atoms with van der Waals surface area (Å²) in [6, 6.07) is 6.17. The van der Waals surface area contributed by atoms with Gasteiger partial charge in [0, 0.05) is 32.3 Å². The van der Waals surface area contributed by atoms with Gasteiger partial charge < -0.3 is 29.1 Å². The number of hydrogen-bond donors (Lipinski definition) is 1. The summed E-state index contributed by atoms with van der Waals surface area (Å²) < 4.78 is 28.8. The molecule has 2 aliphatic rings. The van der Waals surface area contributed by atoms with Crippen LogP contribution in [0.2, 0.25) is 0 Å². The van der Waals surface area contributed by atoms with Crippen LogP contribution in [0.15, 0.2) is 30.5 Å². The zero-order chi connectivity index (χ0) is 21.5. The van der Waals surface area contributed by atoms with Crippen LogP contribution in [-0.2, 0) is 9.53 Å². The number of ether oxygens (including phenoxy) is 3. The lowest BCUT2D eigenvalue weighted by Gasteiger charge is -2.31. The van der Waals surface area contributed by atoms with Crippen molar-refractivity contribution in [1.82, 2.24) is 9.88 Å². The molecule has 0 radical (unpaired) electrons. The van der Waals surface area contributed by atoms with Crippen LogP contribution in [0.1, 0.15) is 12.8 Å². The minimum atomic E-state index is -0.529. The summed E-state index contributed by atoms with van der Waals surface area (Å²) in [7, 11) is 2.92. The molecule has 4 rings (SSSR count). The Morgan fingerprint density at radius 3 is 2.67 bits per heavy atom. The van der Waals surface area contributed by atoms with Gasteiger partial charge in [0.2, 0.25) is 11.8 Å². The molecular weight excluding hydrogens is 393 g/mol. The van der Waals surface area contributed by atoms with Gasteiger partial charge in [0.15, 0.2) is 5.82 Å². The first-order valence-electron chi connectivity index (χ1n) is 9.73. The van der Waals surface area contributed by atoms with Gasteiger partial charge in [-0.1, -0.05) is 0 Å². The number of fused-ring (bicyclic) bond motifs is 1. The summed E-state index contributed by atoms with van der Waals surface area (Å²) in [5, 5.41) is 9.60. The summed E-state index contributed by atoms with van der Waals surface area (Å²) in [4.78, 5) is 18.7. The van der Waals surface area contributed by atoms with Gasteiger partial charge in [0.1, 0.15) is 24.7 Å². The van der Waals surface area contributed by atoms with Crippen LogP contribution >= 0.6 is 0 Å². The monoisotopic (exact) mass is 419 g/mol. The molecule has 1 amide bonds. The minimum Gasteiger partial charge on any atom is -0.508 e.